The summed E-state index contributed by atoms with van der Waals surface area (Å²) in [7, 11) is 3.29. The molecule has 0 aromatic heterocycles. The SMILES string of the molecule is C=CCCOCCNCc1cccc(OC)c1OC. The second kappa shape index (κ2) is 9.42. The monoisotopic (exact) mass is 265 g/mol. The first-order valence-electron chi connectivity index (χ1n) is 6.42. The fourth-order valence-electron chi connectivity index (χ4n) is 1.73. The Bertz CT molecular complexity index is 380. The number of rotatable bonds is 10. The van der Waals surface area contributed by atoms with Crippen molar-refractivity contribution in [1.82, 2.24) is 5.32 Å². The van der Waals surface area contributed by atoms with Crippen LogP contribution in [0.15, 0.2) is 30.9 Å². The molecular weight excluding hydrogens is 242 g/mol. The average molecular weight is 265 g/mol. The predicted octanol–water partition coefficient (Wildman–Crippen LogP) is 2.39. The molecule has 19 heavy (non-hydrogen) atoms. The average Bonchev–Trinajstić information content (AvgIpc) is 2.45. The highest BCUT2D eigenvalue weighted by molar-refractivity contribution is 5.46. The second-order valence-corrected chi connectivity index (χ2v) is 4.02. The minimum Gasteiger partial charge on any atom is -0.493 e. The van der Waals surface area contributed by atoms with Crippen LogP contribution in [0.1, 0.15) is 12.0 Å². The van der Waals surface area contributed by atoms with E-state index in [0.717, 1.165) is 43.2 Å². The van der Waals surface area contributed by atoms with Gasteiger partial charge in [-0.25, -0.2) is 0 Å². The van der Waals surface area contributed by atoms with Crippen molar-refractivity contribution in [2.75, 3.05) is 34.0 Å². The molecule has 4 heteroatoms. The topological polar surface area (TPSA) is 39.7 Å². The molecule has 0 radical (unpaired) electrons. The van der Waals surface area contributed by atoms with Crippen LogP contribution in [0.25, 0.3) is 0 Å². The van der Waals surface area contributed by atoms with Crippen molar-refractivity contribution >= 4 is 0 Å². The van der Waals surface area contributed by atoms with Crippen molar-refractivity contribution in [3.8, 4) is 11.5 Å². The lowest BCUT2D eigenvalue weighted by Crippen LogP contribution is -2.19. The van der Waals surface area contributed by atoms with Gasteiger partial charge >= 0.3 is 0 Å². The summed E-state index contributed by atoms with van der Waals surface area (Å²) in [4.78, 5) is 0. The maximum absolute atomic E-state index is 5.42. The summed E-state index contributed by atoms with van der Waals surface area (Å²) in [6, 6.07) is 5.87. The van der Waals surface area contributed by atoms with Gasteiger partial charge in [0.25, 0.3) is 0 Å². The predicted molar refractivity (Wildman–Crippen MR) is 76.9 cm³/mol. The van der Waals surface area contributed by atoms with Crippen molar-refractivity contribution < 1.29 is 14.2 Å². The Labute approximate surface area is 115 Å². The maximum atomic E-state index is 5.42. The number of benzene rings is 1. The summed E-state index contributed by atoms with van der Waals surface area (Å²) in [6.45, 7) is 6.60. The van der Waals surface area contributed by atoms with Gasteiger partial charge in [0.2, 0.25) is 0 Å². The number of nitrogens with one attached hydrogen (secondary N) is 1. The molecule has 0 aliphatic heterocycles. The molecular formula is C15H23NO3. The molecule has 0 saturated carbocycles. The molecule has 0 aliphatic rings. The van der Waals surface area contributed by atoms with E-state index in [1.165, 1.54) is 0 Å². The molecule has 1 N–H and O–H groups in total. The normalized spacial score (nSPS) is 10.2. The minimum atomic E-state index is 0.695. The molecule has 0 spiro atoms. The summed E-state index contributed by atoms with van der Waals surface area (Å²) < 4.78 is 16.1. The molecule has 1 aromatic carbocycles. The van der Waals surface area contributed by atoms with E-state index >= 15 is 0 Å². The van der Waals surface area contributed by atoms with Gasteiger partial charge in [-0.3, -0.25) is 0 Å². The van der Waals surface area contributed by atoms with Crippen LogP contribution >= 0.6 is 0 Å². The van der Waals surface area contributed by atoms with Gasteiger partial charge in [-0.05, 0) is 12.5 Å². The summed E-state index contributed by atoms with van der Waals surface area (Å²) in [5.74, 6) is 1.54. The van der Waals surface area contributed by atoms with Crippen molar-refractivity contribution in [3.05, 3.63) is 36.4 Å². The van der Waals surface area contributed by atoms with Crippen LogP contribution in [-0.2, 0) is 11.3 Å². The standard InChI is InChI=1S/C15H23NO3/c1-4-5-10-19-11-9-16-12-13-7-6-8-14(17-2)15(13)18-3/h4,6-8,16H,1,5,9-12H2,2-3H3. The highest BCUT2D eigenvalue weighted by Gasteiger charge is 2.08. The first-order valence-corrected chi connectivity index (χ1v) is 6.42. The van der Waals surface area contributed by atoms with Crippen LogP contribution in [0.5, 0.6) is 11.5 Å². The third-order valence-corrected chi connectivity index (χ3v) is 2.69. The summed E-state index contributed by atoms with van der Waals surface area (Å²) in [5.41, 5.74) is 1.08. The van der Waals surface area contributed by atoms with Crippen LogP contribution in [0.4, 0.5) is 0 Å². The zero-order valence-corrected chi connectivity index (χ0v) is 11.8. The highest BCUT2D eigenvalue weighted by Crippen LogP contribution is 2.30. The van der Waals surface area contributed by atoms with E-state index < -0.39 is 0 Å². The van der Waals surface area contributed by atoms with E-state index in [-0.39, 0.29) is 0 Å². The van der Waals surface area contributed by atoms with Crippen LogP contribution in [0.2, 0.25) is 0 Å². The fraction of sp³-hybridized carbons (Fsp3) is 0.467. The minimum absolute atomic E-state index is 0.695. The lowest BCUT2D eigenvalue weighted by atomic mass is 10.2. The third kappa shape index (κ3) is 5.32. The quantitative estimate of drug-likeness (QED) is 0.521. The zero-order valence-electron chi connectivity index (χ0n) is 11.8. The molecule has 0 aliphatic carbocycles. The zero-order chi connectivity index (χ0) is 13.9. The highest BCUT2D eigenvalue weighted by atomic mass is 16.5. The molecule has 0 amide bonds. The Morgan fingerprint density at radius 2 is 2.05 bits per heavy atom. The Morgan fingerprint density at radius 3 is 2.74 bits per heavy atom. The van der Waals surface area contributed by atoms with Gasteiger partial charge in [-0.2, -0.15) is 0 Å². The van der Waals surface area contributed by atoms with E-state index in [4.69, 9.17) is 14.2 Å². The van der Waals surface area contributed by atoms with Crippen molar-refractivity contribution in [2.24, 2.45) is 0 Å². The molecule has 0 unspecified atom stereocenters. The van der Waals surface area contributed by atoms with Gasteiger partial charge < -0.3 is 19.5 Å². The molecule has 1 aromatic rings. The first kappa shape index (κ1) is 15.5. The Morgan fingerprint density at radius 1 is 1.21 bits per heavy atom. The van der Waals surface area contributed by atoms with Crippen molar-refractivity contribution in [3.63, 3.8) is 0 Å². The first-order chi connectivity index (χ1) is 9.33. The summed E-state index contributed by atoms with van der Waals surface area (Å²) >= 11 is 0. The van der Waals surface area contributed by atoms with Crippen LogP contribution in [0, 0.1) is 0 Å². The number of hydrogen-bond donors (Lipinski definition) is 1. The number of ether oxygens (including phenoxy) is 3. The lowest BCUT2D eigenvalue weighted by Gasteiger charge is -2.13. The van der Waals surface area contributed by atoms with Crippen LogP contribution < -0.4 is 14.8 Å². The van der Waals surface area contributed by atoms with Crippen molar-refractivity contribution in [2.45, 2.75) is 13.0 Å². The number of para-hydroxylation sites is 1. The van der Waals surface area contributed by atoms with E-state index in [0.29, 0.717) is 6.61 Å². The second-order valence-electron chi connectivity index (χ2n) is 4.02. The number of hydrogen-bond acceptors (Lipinski definition) is 4. The fourth-order valence-corrected chi connectivity index (χ4v) is 1.73. The van der Waals surface area contributed by atoms with E-state index in [1.54, 1.807) is 14.2 Å². The van der Waals surface area contributed by atoms with Gasteiger partial charge in [-0.15, -0.1) is 6.58 Å². The Balaban J connectivity index is 2.34. The molecule has 0 atom stereocenters. The number of methoxy groups -OCH3 is 2. The van der Waals surface area contributed by atoms with Gasteiger partial charge in [0.05, 0.1) is 27.4 Å². The van der Waals surface area contributed by atoms with Gasteiger partial charge in [0.1, 0.15) is 0 Å². The van der Waals surface area contributed by atoms with Crippen LogP contribution in [-0.4, -0.2) is 34.0 Å². The molecule has 0 bridgehead atoms. The smallest absolute Gasteiger partial charge is 0.165 e. The summed E-state index contributed by atoms with van der Waals surface area (Å²) in [5, 5.41) is 3.32. The molecule has 1 rings (SSSR count). The Kier molecular flexibility index (Phi) is 7.70. The largest absolute Gasteiger partial charge is 0.493 e. The third-order valence-electron chi connectivity index (χ3n) is 2.69. The molecule has 0 saturated heterocycles. The van der Waals surface area contributed by atoms with E-state index in [9.17, 15) is 0 Å². The van der Waals surface area contributed by atoms with E-state index in [2.05, 4.69) is 11.9 Å². The summed E-state index contributed by atoms with van der Waals surface area (Å²) in [6.07, 6.45) is 2.75. The molecule has 106 valence electrons. The van der Waals surface area contributed by atoms with Gasteiger partial charge in [0.15, 0.2) is 11.5 Å². The Hall–Kier alpha value is -1.52. The van der Waals surface area contributed by atoms with Gasteiger partial charge in [0, 0.05) is 18.7 Å². The molecule has 0 heterocycles. The maximum Gasteiger partial charge on any atom is 0.165 e. The van der Waals surface area contributed by atoms with Gasteiger partial charge in [-0.1, -0.05) is 18.2 Å². The van der Waals surface area contributed by atoms with Crippen molar-refractivity contribution in [1.29, 1.82) is 0 Å². The molecule has 0 fully saturated rings. The van der Waals surface area contributed by atoms with E-state index in [1.807, 2.05) is 24.3 Å². The van der Waals surface area contributed by atoms with Crippen LogP contribution in [0.3, 0.4) is 0 Å². The lowest BCUT2D eigenvalue weighted by molar-refractivity contribution is 0.140. The molecule has 4 nitrogen and oxygen atoms in total.